The number of methoxy groups -OCH3 is 1. The third kappa shape index (κ3) is 5.74. The maximum Gasteiger partial charge on any atom is 0.230 e. The smallest absolute Gasteiger partial charge is 0.230 e. The van der Waals surface area contributed by atoms with Gasteiger partial charge in [0.25, 0.3) is 0 Å². The SMILES string of the molecule is CCc1ccccc1-n1cnnc1SCC(=O)NCCOc1ccc(OC)cc1. The largest absolute Gasteiger partial charge is 0.497 e. The van der Waals surface area contributed by atoms with Gasteiger partial charge in [0.2, 0.25) is 5.91 Å². The van der Waals surface area contributed by atoms with Crippen LogP contribution in [0.2, 0.25) is 0 Å². The van der Waals surface area contributed by atoms with Crippen LogP contribution in [0.25, 0.3) is 5.69 Å². The van der Waals surface area contributed by atoms with Gasteiger partial charge in [-0.2, -0.15) is 0 Å². The van der Waals surface area contributed by atoms with E-state index in [0.29, 0.717) is 18.3 Å². The number of para-hydroxylation sites is 1. The maximum absolute atomic E-state index is 12.1. The summed E-state index contributed by atoms with van der Waals surface area (Å²) < 4.78 is 12.6. The molecule has 0 atom stereocenters. The van der Waals surface area contributed by atoms with Crippen molar-refractivity contribution in [1.82, 2.24) is 20.1 Å². The fraction of sp³-hybridized carbons (Fsp3) is 0.286. The molecule has 8 heteroatoms. The van der Waals surface area contributed by atoms with E-state index in [0.717, 1.165) is 23.6 Å². The molecule has 29 heavy (non-hydrogen) atoms. The number of hydrogen-bond acceptors (Lipinski definition) is 6. The van der Waals surface area contributed by atoms with Gasteiger partial charge in [-0.15, -0.1) is 10.2 Å². The highest BCUT2D eigenvalue weighted by Crippen LogP contribution is 2.22. The number of rotatable bonds is 10. The van der Waals surface area contributed by atoms with E-state index < -0.39 is 0 Å². The molecule has 0 aliphatic carbocycles. The molecule has 7 nitrogen and oxygen atoms in total. The van der Waals surface area contributed by atoms with Gasteiger partial charge in [-0.3, -0.25) is 9.36 Å². The summed E-state index contributed by atoms with van der Waals surface area (Å²) in [7, 11) is 1.62. The van der Waals surface area contributed by atoms with E-state index in [1.807, 2.05) is 47.0 Å². The van der Waals surface area contributed by atoms with Crippen molar-refractivity contribution in [2.45, 2.75) is 18.5 Å². The second-order valence-electron chi connectivity index (χ2n) is 6.13. The first-order valence-electron chi connectivity index (χ1n) is 9.36. The topological polar surface area (TPSA) is 78.3 Å². The first kappa shape index (κ1) is 20.7. The summed E-state index contributed by atoms with van der Waals surface area (Å²) in [6.45, 7) is 2.93. The van der Waals surface area contributed by atoms with E-state index in [4.69, 9.17) is 9.47 Å². The molecule has 0 spiro atoms. The van der Waals surface area contributed by atoms with Crippen molar-refractivity contribution < 1.29 is 14.3 Å². The van der Waals surface area contributed by atoms with Crippen LogP contribution in [0.5, 0.6) is 11.5 Å². The van der Waals surface area contributed by atoms with Crippen LogP contribution in [0.15, 0.2) is 60.0 Å². The Morgan fingerprint density at radius 3 is 2.66 bits per heavy atom. The van der Waals surface area contributed by atoms with E-state index in [1.165, 1.54) is 17.3 Å². The Morgan fingerprint density at radius 1 is 1.14 bits per heavy atom. The Kier molecular flexibility index (Phi) is 7.52. The number of hydrogen-bond donors (Lipinski definition) is 1. The first-order valence-corrected chi connectivity index (χ1v) is 10.3. The molecule has 0 saturated carbocycles. The fourth-order valence-electron chi connectivity index (χ4n) is 2.75. The van der Waals surface area contributed by atoms with Gasteiger partial charge in [0.05, 0.1) is 25.1 Å². The summed E-state index contributed by atoms with van der Waals surface area (Å²) in [5.74, 6) is 1.69. The van der Waals surface area contributed by atoms with Crippen molar-refractivity contribution in [2.24, 2.45) is 0 Å². The normalized spacial score (nSPS) is 10.6. The van der Waals surface area contributed by atoms with Gasteiger partial charge in [0.1, 0.15) is 24.4 Å². The predicted octanol–water partition coefficient (Wildman–Crippen LogP) is 3.13. The molecule has 0 fully saturated rings. The fourth-order valence-corrected chi connectivity index (χ4v) is 3.50. The van der Waals surface area contributed by atoms with Crippen LogP contribution in [0.1, 0.15) is 12.5 Å². The molecule has 152 valence electrons. The molecule has 3 aromatic rings. The number of thioether (sulfide) groups is 1. The lowest BCUT2D eigenvalue weighted by atomic mass is 10.1. The quantitative estimate of drug-likeness (QED) is 0.407. The average Bonchev–Trinajstić information content (AvgIpc) is 3.24. The minimum absolute atomic E-state index is 0.0772. The lowest BCUT2D eigenvalue weighted by Gasteiger charge is -2.11. The van der Waals surface area contributed by atoms with Crippen molar-refractivity contribution in [3.63, 3.8) is 0 Å². The maximum atomic E-state index is 12.1. The Labute approximate surface area is 174 Å². The third-order valence-corrected chi connectivity index (χ3v) is 5.18. The highest BCUT2D eigenvalue weighted by molar-refractivity contribution is 7.99. The zero-order valence-corrected chi connectivity index (χ0v) is 17.3. The van der Waals surface area contributed by atoms with Crippen LogP contribution in [0.3, 0.4) is 0 Å². The van der Waals surface area contributed by atoms with Gasteiger partial charge < -0.3 is 14.8 Å². The number of carbonyl (C=O) groups excluding carboxylic acids is 1. The van der Waals surface area contributed by atoms with Crippen molar-refractivity contribution in [3.05, 3.63) is 60.4 Å². The lowest BCUT2D eigenvalue weighted by Crippen LogP contribution is -2.29. The van der Waals surface area contributed by atoms with Gasteiger partial charge in [-0.1, -0.05) is 36.9 Å². The molecule has 1 N–H and O–H groups in total. The van der Waals surface area contributed by atoms with E-state index in [9.17, 15) is 4.79 Å². The molecular weight excluding hydrogens is 388 g/mol. The van der Waals surface area contributed by atoms with E-state index in [1.54, 1.807) is 13.4 Å². The third-order valence-electron chi connectivity index (χ3n) is 4.23. The minimum atomic E-state index is -0.0772. The molecule has 3 rings (SSSR count). The highest BCUT2D eigenvalue weighted by atomic mass is 32.2. The summed E-state index contributed by atoms with van der Waals surface area (Å²) in [5, 5.41) is 11.7. The number of nitrogens with one attached hydrogen (secondary N) is 1. The molecule has 0 aliphatic heterocycles. The molecule has 1 amide bonds. The van der Waals surface area contributed by atoms with Gasteiger partial charge in [-0.25, -0.2) is 0 Å². The molecule has 0 saturated heterocycles. The summed E-state index contributed by atoms with van der Waals surface area (Å²) in [5.41, 5.74) is 2.24. The summed E-state index contributed by atoms with van der Waals surface area (Å²) in [6, 6.07) is 15.4. The van der Waals surface area contributed by atoms with Crippen LogP contribution in [-0.4, -0.2) is 46.7 Å². The number of carbonyl (C=O) groups is 1. The van der Waals surface area contributed by atoms with Crippen LogP contribution in [0, 0.1) is 0 Å². The number of aromatic nitrogens is 3. The summed E-state index contributed by atoms with van der Waals surface area (Å²) in [4.78, 5) is 12.1. The van der Waals surface area contributed by atoms with Crippen molar-refractivity contribution in [2.75, 3.05) is 26.0 Å². The summed E-state index contributed by atoms with van der Waals surface area (Å²) >= 11 is 1.36. The number of aryl methyl sites for hydroxylation is 1. The highest BCUT2D eigenvalue weighted by Gasteiger charge is 2.12. The van der Waals surface area contributed by atoms with E-state index >= 15 is 0 Å². The second-order valence-corrected chi connectivity index (χ2v) is 7.07. The molecule has 0 bridgehead atoms. The van der Waals surface area contributed by atoms with Crippen molar-refractivity contribution in [3.8, 4) is 17.2 Å². The number of amides is 1. The molecule has 0 aliphatic rings. The molecule has 2 aromatic carbocycles. The Hall–Kier alpha value is -3.00. The Bertz CT molecular complexity index is 928. The van der Waals surface area contributed by atoms with Crippen LogP contribution < -0.4 is 14.8 Å². The van der Waals surface area contributed by atoms with E-state index in [-0.39, 0.29) is 11.7 Å². The standard InChI is InChI=1S/C21H24N4O3S/c1-3-16-6-4-5-7-19(16)25-15-23-24-21(25)29-14-20(26)22-12-13-28-18-10-8-17(27-2)9-11-18/h4-11,15H,3,12-14H2,1-2H3,(H,22,26). The minimum Gasteiger partial charge on any atom is -0.497 e. The van der Waals surface area contributed by atoms with Crippen molar-refractivity contribution >= 4 is 17.7 Å². The zero-order valence-electron chi connectivity index (χ0n) is 16.5. The number of ether oxygens (including phenoxy) is 2. The summed E-state index contributed by atoms with van der Waals surface area (Å²) in [6.07, 6.45) is 2.59. The van der Waals surface area contributed by atoms with Gasteiger partial charge in [-0.05, 0) is 42.3 Å². The number of benzene rings is 2. The van der Waals surface area contributed by atoms with Crippen LogP contribution >= 0.6 is 11.8 Å². The molecule has 0 radical (unpaired) electrons. The number of nitrogens with zero attached hydrogens (tertiary/aromatic N) is 3. The van der Waals surface area contributed by atoms with Gasteiger partial charge in [0.15, 0.2) is 5.16 Å². The first-order chi connectivity index (χ1) is 14.2. The average molecular weight is 413 g/mol. The predicted molar refractivity (Wildman–Crippen MR) is 113 cm³/mol. The van der Waals surface area contributed by atoms with Crippen molar-refractivity contribution in [1.29, 1.82) is 0 Å². The molecule has 1 heterocycles. The Balaban J connectivity index is 1.45. The molecule has 1 aromatic heterocycles. The molecule has 0 unspecified atom stereocenters. The van der Waals surface area contributed by atoms with Crippen LogP contribution in [-0.2, 0) is 11.2 Å². The molecular formula is C21H24N4O3S. The zero-order chi connectivity index (χ0) is 20.5. The second kappa shape index (κ2) is 10.5. The monoisotopic (exact) mass is 412 g/mol. The van der Waals surface area contributed by atoms with Crippen LogP contribution in [0.4, 0.5) is 0 Å². The Morgan fingerprint density at radius 2 is 1.90 bits per heavy atom. The van der Waals surface area contributed by atoms with E-state index in [2.05, 4.69) is 28.5 Å². The lowest BCUT2D eigenvalue weighted by molar-refractivity contribution is -0.118. The van der Waals surface area contributed by atoms with Gasteiger partial charge >= 0.3 is 0 Å². The van der Waals surface area contributed by atoms with Gasteiger partial charge in [0, 0.05) is 0 Å².